The largest absolute Gasteiger partial charge is 0.462 e. The number of aromatic nitrogens is 3. The third-order valence-electron chi connectivity index (χ3n) is 3.74. The molecule has 1 aliphatic heterocycles. The molecule has 1 aliphatic rings. The Bertz CT molecular complexity index is 610. The van der Waals surface area contributed by atoms with Gasteiger partial charge in [0.05, 0.1) is 0 Å². The maximum absolute atomic E-state index is 11.8. The molecule has 12 nitrogen and oxygen atoms in total. The number of aliphatic hydroxyl groups is 2. The zero-order chi connectivity index (χ0) is 18.6. The molecule has 5 atom stereocenters. The molecule has 25 heavy (non-hydrogen) atoms. The molecule has 0 saturated carbocycles. The van der Waals surface area contributed by atoms with Crippen molar-refractivity contribution >= 4 is 11.9 Å². The highest BCUT2D eigenvalue weighted by atomic mass is 16.6. The maximum atomic E-state index is 11.8. The number of primary amides is 1. The number of aliphatic hydroxyl groups excluding tert-OH is 2. The number of hydrogen-bond acceptors (Lipinski definition) is 10. The second kappa shape index (κ2) is 8.31. The monoisotopic (exact) mass is 358 g/mol. The topological polar surface area (TPSA) is 202 Å². The van der Waals surface area contributed by atoms with Gasteiger partial charge < -0.3 is 36.9 Å². The van der Waals surface area contributed by atoms with Crippen LogP contribution in [0.2, 0.25) is 0 Å². The van der Waals surface area contributed by atoms with Crippen molar-refractivity contribution in [3.63, 3.8) is 0 Å². The van der Waals surface area contributed by atoms with E-state index in [0.29, 0.717) is 19.4 Å². The fraction of sp³-hybridized carbons (Fsp3) is 0.692. The van der Waals surface area contributed by atoms with Gasteiger partial charge in [0.1, 0.15) is 37.3 Å². The zero-order valence-electron chi connectivity index (χ0n) is 13.4. The second-order valence-corrected chi connectivity index (χ2v) is 5.63. The Morgan fingerprint density at radius 2 is 2.12 bits per heavy atom. The van der Waals surface area contributed by atoms with Gasteiger partial charge >= 0.3 is 5.97 Å². The van der Waals surface area contributed by atoms with Crippen LogP contribution in [0.3, 0.4) is 0 Å². The number of nitrogens with zero attached hydrogens (tertiary/aromatic N) is 3. The van der Waals surface area contributed by atoms with Crippen LogP contribution >= 0.6 is 0 Å². The van der Waals surface area contributed by atoms with Crippen LogP contribution in [0.1, 0.15) is 29.7 Å². The summed E-state index contributed by atoms with van der Waals surface area (Å²) >= 11 is 0. The summed E-state index contributed by atoms with van der Waals surface area (Å²) in [5.74, 6) is -1.76. The first-order valence-electron chi connectivity index (χ1n) is 7.70. The molecule has 1 aromatic rings. The molecule has 2 rings (SSSR count). The molecule has 140 valence electrons. The van der Waals surface area contributed by atoms with E-state index in [4.69, 9.17) is 26.7 Å². The predicted octanol–water partition coefficient (Wildman–Crippen LogP) is -3.39. The van der Waals surface area contributed by atoms with Gasteiger partial charge in [-0.25, -0.2) is 9.67 Å². The van der Waals surface area contributed by atoms with Crippen LogP contribution in [-0.4, -0.2) is 74.4 Å². The minimum absolute atomic E-state index is 0.258. The van der Waals surface area contributed by atoms with Gasteiger partial charge in [-0.3, -0.25) is 9.59 Å². The Balaban J connectivity index is 1.92. The Morgan fingerprint density at radius 1 is 1.40 bits per heavy atom. The third-order valence-corrected chi connectivity index (χ3v) is 3.74. The highest BCUT2D eigenvalue weighted by Crippen LogP contribution is 2.29. The van der Waals surface area contributed by atoms with Gasteiger partial charge in [-0.15, -0.1) is 5.10 Å². The summed E-state index contributed by atoms with van der Waals surface area (Å²) in [6.07, 6.45) is -2.71. The average molecular weight is 358 g/mol. The van der Waals surface area contributed by atoms with Crippen LogP contribution in [0.25, 0.3) is 0 Å². The lowest BCUT2D eigenvalue weighted by Crippen LogP contribution is -2.38. The summed E-state index contributed by atoms with van der Waals surface area (Å²) in [5, 5.41) is 23.9. The van der Waals surface area contributed by atoms with Gasteiger partial charge in [0.15, 0.2) is 6.23 Å². The number of nitrogens with two attached hydrogens (primary N) is 3. The third kappa shape index (κ3) is 4.49. The minimum atomic E-state index is -1.36. The van der Waals surface area contributed by atoms with E-state index >= 15 is 0 Å². The van der Waals surface area contributed by atoms with Gasteiger partial charge in [0, 0.05) is 0 Å². The van der Waals surface area contributed by atoms with Gasteiger partial charge in [-0.1, -0.05) is 0 Å². The number of amides is 1. The molecule has 0 bridgehead atoms. The summed E-state index contributed by atoms with van der Waals surface area (Å²) in [4.78, 5) is 26.4. The van der Waals surface area contributed by atoms with Crippen LogP contribution in [0.15, 0.2) is 6.33 Å². The van der Waals surface area contributed by atoms with Crippen molar-refractivity contribution in [2.75, 3.05) is 13.2 Å². The van der Waals surface area contributed by atoms with Crippen molar-refractivity contribution in [2.45, 2.75) is 43.4 Å². The Kier molecular flexibility index (Phi) is 6.39. The number of carbonyl (C=O) groups excluding carboxylic acids is 2. The smallest absolute Gasteiger partial charge is 0.323 e. The lowest BCUT2D eigenvalue weighted by Gasteiger charge is -2.16. The van der Waals surface area contributed by atoms with Gasteiger partial charge in [0.2, 0.25) is 5.82 Å². The first kappa shape index (κ1) is 19.2. The fourth-order valence-corrected chi connectivity index (χ4v) is 2.32. The molecule has 0 aromatic carbocycles. The quantitative estimate of drug-likeness (QED) is 0.291. The van der Waals surface area contributed by atoms with Crippen molar-refractivity contribution < 1.29 is 29.3 Å². The molecule has 1 saturated heterocycles. The minimum Gasteiger partial charge on any atom is -0.462 e. The standard InChI is InChI=1S/C13H22N6O6/c14-3-1-2-6(15)13(23)24-4-7-8(20)9(21)12(25-7)19-5-17-11(18-19)10(16)22/h5-9,12,20-21H,1-4,14-15H2,(H2,16,22)/t6-,7-,8-,9-,12-/m1/s1. The van der Waals surface area contributed by atoms with E-state index in [1.807, 2.05) is 0 Å². The summed E-state index contributed by atoms with van der Waals surface area (Å²) in [6, 6.07) is -0.823. The Labute approximate surface area is 142 Å². The van der Waals surface area contributed by atoms with E-state index < -0.39 is 42.5 Å². The first-order chi connectivity index (χ1) is 11.8. The van der Waals surface area contributed by atoms with Gasteiger partial charge in [-0.2, -0.15) is 0 Å². The van der Waals surface area contributed by atoms with Crippen LogP contribution in [0.4, 0.5) is 0 Å². The predicted molar refractivity (Wildman–Crippen MR) is 81.7 cm³/mol. The molecule has 0 unspecified atom stereocenters. The summed E-state index contributed by atoms with van der Waals surface area (Å²) < 4.78 is 11.5. The van der Waals surface area contributed by atoms with Gasteiger partial charge in [-0.05, 0) is 19.4 Å². The maximum Gasteiger partial charge on any atom is 0.323 e. The van der Waals surface area contributed by atoms with Crippen molar-refractivity contribution in [3.8, 4) is 0 Å². The van der Waals surface area contributed by atoms with Crippen molar-refractivity contribution in [1.82, 2.24) is 14.8 Å². The molecule has 12 heteroatoms. The van der Waals surface area contributed by atoms with Crippen LogP contribution < -0.4 is 17.2 Å². The normalized spacial score (nSPS) is 27.2. The van der Waals surface area contributed by atoms with Crippen molar-refractivity contribution in [3.05, 3.63) is 12.2 Å². The second-order valence-electron chi connectivity index (χ2n) is 5.63. The molecule has 1 amide bonds. The van der Waals surface area contributed by atoms with Crippen LogP contribution in [-0.2, 0) is 14.3 Å². The molecule has 1 fully saturated rings. The number of ether oxygens (including phenoxy) is 2. The van der Waals surface area contributed by atoms with Crippen LogP contribution in [0, 0.1) is 0 Å². The highest BCUT2D eigenvalue weighted by Gasteiger charge is 2.45. The lowest BCUT2D eigenvalue weighted by atomic mass is 10.1. The average Bonchev–Trinajstić information content (AvgIpc) is 3.17. The molecule has 2 heterocycles. The number of hydrogen-bond donors (Lipinski definition) is 5. The summed E-state index contributed by atoms with van der Waals surface area (Å²) in [6.45, 7) is 0.103. The fourth-order valence-electron chi connectivity index (χ4n) is 2.32. The number of carbonyl (C=O) groups is 2. The molecule has 0 radical (unpaired) electrons. The van der Waals surface area contributed by atoms with E-state index in [1.54, 1.807) is 0 Å². The Morgan fingerprint density at radius 3 is 2.72 bits per heavy atom. The summed E-state index contributed by atoms with van der Waals surface area (Å²) in [7, 11) is 0. The van der Waals surface area contributed by atoms with E-state index in [-0.39, 0.29) is 12.4 Å². The number of esters is 1. The SMILES string of the molecule is NCCC[C@@H](N)C(=O)OC[C@H]1O[C@@H](n2cnc(C(N)=O)n2)[C@H](O)[C@@H]1O. The molecule has 0 aliphatic carbocycles. The Hall–Kier alpha value is -2.12. The first-order valence-corrected chi connectivity index (χ1v) is 7.70. The van der Waals surface area contributed by atoms with E-state index in [2.05, 4.69) is 10.1 Å². The summed E-state index contributed by atoms with van der Waals surface area (Å²) in [5.41, 5.74) is 16.0. The van der Waals surface area contributed by atoms with Gasteiger partial charge in [0.25, 0.3) is 5.91 Å². The molecular weight excluding hydrogens is 336 g/mol. The lowest BCUT2D eigenvalue weighted by molar-refractivity contribution is -0.152. The molecule has 0 spiro atoms. The molecular formula is C13H22N6O6. The van der Waals surface area contributed by atoms with E-state index in [1.165, 1.54) is 0 Å². The van der Waals surface area contributed by atoms with Crippen molar-refractivity contribution in [1.29, 1.82) is 0 Å². The van der Waals surface area contributed by atoms with Crippen molar-refractivity contribution in [2.24, 2.45) is 17.2 Å². The highest BCUT2D eigenvalue weighted by molar-refractivity contribution is 5.88. The molecule has 1 aromatic heterocycles. The van der Waals surface area contributed by atoms with Crippen LogP contribution in [0.5, 0.6) is 0 Å². The number of rotatable bonds is 8. The zero-order valence-corrected chi connectivity index (χ0v) is 13.4. The van der Waals surface area contributed by atoms with E-state index in [9.17, 15) is 19.8 Å². The van der Waals surface area contributed by atoms with E-state index in [0.717, 1.165) is 11.0 Å². The molecule has 8 N–H and O–H groups in total.